The van der Waals surface area contributed by atoms with Gasteiger partial charge in [-0.3, -0.25) is 0 Å². The lowest BCUT2D eigenvalue weighted by Gasteiger charge is -2.15. The van der Waals surface area contributed by atoms with Crippen LogP contribution in [0.5, 0.6) is 0 Å². The van der Waals surface area contributed by atoms with Crippen molar-refractivity contribution >= 4 is 0 Å². The van der Waals surface area contributed by atoms with Gasteiger partial charge in [0.15, 0.2) is 5.69 Å². The highest BCUT2D eigenvalue weighted by Gasteiger charge is 2.20. The molecule has 3 aromatic rings. The van der Waals surface area contributed by atoms with Gasteiger partial charge in [-0.25, -0.2) is 9.07 Å². The molecule has 0 spiro atoms. The Bertz CT molecular complexity index is 833. The average Bonchev–Trinajstić information content (AvgIpc) is 2.99. The molecular formula is C17H13FN4. The van der Waals surface area contributed by atoms with E-state index in [1.165, 1.54) is 12.1 Å². The minimum atomic E-state index is -0.360. The van der Waals surface area contributed by atoms with E-state index in [0.717, 1.165) is 5.56 Å². The van der Waals surface area contributed by atoms with Crippen LogP contribution in [-0.2, 0) is 0 Å². The number of rotatable bonds is 3. The molecule has 0 aliphatic rings. The van der Waals surface area contributed by atoms with E-state index >= 15 is 0 Å². The maximum atomic E-state index is 13.5. The van der Waals surface area contributed by atoms with E-state index in [-0.39, 0.29) is 17.6 Å². The van der Waals surface area contributed by atoms with Crippen LogP contribution in [0.1, 0.15) is 24.2 Å². The first-order chi connectivity index (χ1) is 10.7. The van der Waals surface area contributed by atoms with Crippen LogP contribution in [-0.4, -0.2) is 15.0 Å². The van der Waals surface area contributed by atoms with Crippen LogP contribution in [0.4, 0.5) is 4.39 Å². The molecule has 1 heterocycles. The van der Waals surface area contributed by atoms with Crippen LogP contribution in [0.3, 0.4) is 0 Å². The Morgan fingerprint density at radius 2 is 1.91 bits per heavy atom. The summed E-state index contributed by atoms with van der Waals surface area (Å²) in [7, 11) is 0. The van der Waals surface area contributed by atoms with E-state index in [1.54, 1.807) is 16.8 Å². The van der Waals surface area contributed by atoms with Gasteiger partial charge in [0.2, 0.25) is 0 Å². The first-order valence-electron chi connectivity index (χ1n) is 6.87. The minimum Gasteiger partial charge on any atom is -0.236 e. The summed E-state index contributed by atoms with van der Waals surface area (Å²) in [4.78, 5) is 0. The SMILES string of the molecule is CC(c1ccccc1)n1nnc(C#N)c1-c1cccc(F)c1. The van der Waals surface area contributed by atoms with Gasteiger partial charge >= 0.3 is 0 Å². The van der Waals surface area contributed by atoms with Crippen molar-refractivity contribution in [2.24, 2.45) is 0 Å². The number of benzene rings is 2. The quantitative estimate of drug-likeness (QED) is 0.741. The molecule has 3 rings (SSSR count). The van der Waals surface area contributed by atoms with Crippen LogP contribution in [0.15, 0.2) is 54.6 Å². The lowest BCUT2D eigenvalue weighted by Crippen LogP contribution is -2.10. The van der Waals surface area contributed by atoms with Gasteiger partial charge in [0, 0.05) is 5.56 Å². The van der Waals surface area contributed by atoms with Gasteiger partial charge in [0.05, 0.1) is 6.04 Å². The Morgan fingerprint density at radius 3 is 2.59 bits per heavy atom. The highest BCUT2D eigenvalue weighted by atomic mass is 19.1. The number of hydrogen-bond acceptors (Lipinski definition) is 3. The van der Waals surface area contributed by atoms with Crippen molar-refractivity contribution < 1.29 is 4.39 Å². The van der Waals surface area contributed by atoms with E-state index in [2.05, 4.69) is 10.3 Å². The predicted molar refractivity (Wildman–Crippen MR) is 80.4 cm³/mol. The second-order valence-electron chi connectivity index (χ2n) is 4.94. The monoisotopic (exact) mass is 292 g/mol. The molecule has 2 aromatic carbocycles. The molecule has 0 radical (unpaired) electrons. The number of nitriles is 1. The zero-order valence-corrected chi connectivity index (χ0v) is 11.9. The van der Waals surface area contributed by atoms with E-state index in [4.69, 9.17) is 0 Å². The average molecular weight is 292 g/mol. The van der Waals surface area contributed by atoms with Crippen LogP contribution in [0, 0.1) is 17.1 Å². The summed E-state index contributed by atoms with van der Waals surface area (Å²) in [6.07, 6.45) is 0. The molecular weight excluding hydrogens is 279 g/mol. The number of nitrogens with zero attached hydrogens (tertiary/aromatic N) is 4. The molecule has 22 heavy (non-hydrogen) atoms. The van der Waals surface area contributed by atoms with Crippen molar-refractivity contribution in [1.29, 1.82) is 5.26 Å². The zero-order valence-electron chi connectivity index (χ0n) is 11.9. The van der Waals surface area contributed by atoms with Gasteiger partial charge in [-0.1, -0.05) is 47.7 Å². The van der Waals surface area contributed by atoms with Crippen molar-refractivity contribution in [3.05, 3.63) is 71.7 Å². The largest absolute Gasteiger partial charge is 0.236 e. The zero-order chi connectivity index (χ0) is 15.5. The topological polar surface area (TPSA) is 54.5 Å². The summed E-state index contributed by atoms with van der Waals surface area (Å²) >= 11 is 0. The molecule has 4 nitrogen and oxygen atoms in total. The van der Waals surface area contributed by atoms with Crippen LogP contribution in [0.25, 0.3) is 11.3 Å². The Hall–Kier alpha value is -3.00. The summed E-state index contributed by atoms with van der Waals surface area (Å²) in [5.74, 6) is -0.360. The van der Waals surface area contributed by atoms with Crippen molar-refractivity contribution in [3.8, 4) is 17.3 Å². The Kier molecular flexibility index (Phi) is 3.67. The van der Waals surface area contributed by atoms with Gasteiger partial charge in [0.25, 0.3) is 0 Å². The molecule has 5 heteroatoms. The summed E-state index contributed by atoms with van der Waals surface area (Å²) in [6, 6.07) is 17.8. The third-order valence-electron chi connectivity index (χ3n) is 3.55. The number of hydrogen-bond donors (Lipinski definition) is 0. The van der Waals surface area contributed by atoms with Gasteiger partial charge in [0.1, 0.15) is 17.6 Å². The van der Waals surface area contributed by atoms with Crippen LogP contribution in [0.2, 0.25) is 0 Å². The number of aromatic nitrogens is 3. The van der Waals surface area contributed by atoms with E-state index < -0.39 is 0 Å². The van der Waals surface area contributed by atoms with Gasteiger partial charge in [-0.05, 0) is 24.6 Å². The van der Waals surface area contributed by atoms with E-state index in [0.29, 0.717) is 11.3 Å². The first kappa shape index (κ1) is 14.0. The van der Waals surface area contributed by atoms with Crippen LogP contribution < -0.4 is 0 Å². The van der Waals surface area contributed by atoms with Gasteiger partial charge in [-0.15, -0.1) is 5.10 Å². The highest BCUT2D eigenvalue weighted by molar-refractivity contribution is 5.65. The molecule has 0 amide bonds. The minimum absolute atomic E-state index is 0.117. The standard InChI is InChI=1S/C17H13FN4/c1-12(13-6-3-2-4-7-13)22-17(16(11-19)20-21-22)14-8-5-9-15(18)10-14/h2-10,12H,1H3. The molecule has 0 N–H and O–H groups in total. The molecule has 1 unspecified atom stereocenters. The molecule has 0 bridgehead atoms. The molecule has 0 aliphatic heterocycles. The fourth-order valence-corrected chi connectivity index (χ4v) is 2.42. The van der Waals surface area contributed by atoms with Crippen molar-refractivity contribution in [1.82, 2.24) is 15.0 Å². The molecule has 0 aliphatic carbocycles. The molecule has 0 saturated heterocycles. The van der Waals surface area contributed by atoms with Crippen molar-refractivity contribution in [3.63, 3.8) is 0 Å². The maximum absolute atomic E-state index is 13.5. The molecule has 1 atom stereocenters. The van der Waals surface area contributed by atoms with Gasteiger partial charge in [-0.2, -0.15) is 5.26 Å². The Balaban J connectivity index is 2.14. The lowest BCUT2D eigenvalue weighted by atomic mass is 10.1. The van der Waals surface area contributed by atoms with E-state index in [1.807, 2.05) is 43.3 Å². The summed E-state index contributed by atoms with van der Waals surface area (Å²) in [5, 5.41) is 17.3. The highest BCUT2D eigenvalue weighted by Crippen LogP contribution is 2.28. The normalized spacial score (nSPS) is 11.9. The maximum Gasteiger partial charge on any atom is 0.190 e. The second kappa shape index (κ2) is 5.78. The van der Waals surface area contributed by atoms with Gasteiger partial charge < -0.3 is 0 Å². The summed E-state index contributed by atoms with van der Waals surface area (Å²) in [5.41, 5.74) is 2.34. The lowest BCUT2D eigenvalue weighted by molar-refractivity contribution is 0.548. The third-order valence-corrected chi connectivity index (χ3v) is 3.55. The Morgan fingerprint density at radius 1 is 1.14 bits per heavy atom. The predicted octanol–water partition coefficient (Wildman–Crippen LogP) is 3.57. The molecule has 0 saturated carbocycles. The summed E-state index contributed by atoms with van der Waals surface area (Å²) < 4.78 is 15.2. The van der Waals surface area contributed by atoms with Crippen molar-refractivity contribution in [2.45, 2.75) is 13.0 Å². The third kappa shape index (κ3) is 2.47. The second-order valence-corrected chi connectivity index (χ2v) is 4.94. The van der Waals surface area contributed by atoms with E-state index in [9.17, 15) is 9.65 Å². The number of halogens is 1. The fraction of sp³-hybridized carbons (Fsp3) is 0.118. The smallest absolute Gasteiger partial charge is 0.190 e. The molecule has 108 valence electrons. The molecule has 0 fully saturated rings. The first-order valence-corrected chi connectivity index (χ1v) is 6.87. The molecule has 1 aromatic heterocycles. The fourth-order valence-electron chi connectivity index (χ4n) is 2.42. The van der Waals surface area contributed by atoms with Crippen molar-refractivity contribution in [2.75, 3.05) is 0 Å². The van der Waals surface area contributed by atoms with Crippen LogP contribution >= 0.6 is 0 Å². The summed E-state index contributed by atoms with van der Waals surface area (Å²) in [6.45, 7) is 1.97. The Labute approximate surface area is 127 Å².